The van der Waals surface area contributed by atoms with Crippen molar-refractivity contribution in [3.63, 3.8) is 0 Å². The second kappa shape index (κ2) is 10.6. The number of rotatable bonds is 7. The Hall–Kier alpha value is -2.89. The van der Waals surface area contributed by atoms with E-state index in [4.69, 9.17) is 0 Å². The van der Waals surface area contributed by atoms with E-state index in [0.717, 1.165) is 42.5 Å². The van der Waals surface area contributed by atoms with E-state index in [9.17, 15) is 5.26 Å². The molecule has 0 saturated carbocycles. The van der Waals surface area contributed by atoms with Crippen molar-refractivity contribution in [1.82, 2.24) is 4.90 Å². The summed E-state index contributed by atoms with van der Waals surface area (Å²) >= 11 is 0. The van der Waals surface area contributed by atoms with Crippen LogP contribution in [0.25, 0.3) is 11.1 Å². The van der Waals surface area contributed by atoms with Crippen LogP contribution in [0.5, 0.6) is 0 Å². The lowest BCUT2D eigenvalue weighted by Gasteiger charge is -2.29. The molecule has 1 fully saturated rings. The predicted octanol–water partition coefficient (Wildman–Crippen LogP) is 7.05. The molecular weight excluding hydrogens is 412 g/mol. The number of piperidine rings is 1. The molecule has 0 radical (unpaired) electrons. The summed E-state index contributed by atoms with van der Waals surface area (Å²) in [5.41, 5.74) is 12.2. The first-order chi connectivity index (χ1) is 16.8. The summed E-state index contributed by atoms with van der Waals surface area (Å²) in [7, 11) is 0. The van der Waals surface area contributed by atoms with Gasteiger partial charge >= 0.3 is 0 Å². The Morgan fingerprint density at radius 2 is 1.56 bits per heavy atom. The fourth-order valence-corrected chi connectivity index (χ4v) is 6.15. The highest BCUT2D eigenvalue weighted by Gasteiger charge is 2.23. The third-order valence-corrected chi connectivity index (χ3v) is 7.93. The molecule has 0 spiro atoms. The average Bonchev–Trinajstić information content (AvgIpc) is 3.39. The second-order valence-corrected chi connectivity index (χ2v) is 9.99. The summed E-state index contributed by atoms with van der Waals surface area (Å²) in [6, 6.07) is 21.7. The third kappa shape index (κ3) is 4.68. The van der Waals surface area contributed by atoms with Crippen LogP contribution >= 0.6 is 0 Å². The topological polar surface area (TPSA) is 27.0 Å². The van der Waals surface area contributed by atoms with E-state index < -0.39 is 0 Å². The number of aryl methyl sites for hydroxylation is 3. The second-order valence-electron chi connectivity index (χ2n) is 9.99. The van der Waals surface area contributed by atoms with E-state index in [0.29, 0.717) is 0 Å². The van der Waals surface area contributed by atoms with Crippen molar-refractivity contribution >= 4 is 0 Å². The summed E-state index contributed by atoms with van der Waals surface area (Å²) in [5, 5.41) is 10.0. The molecule has 1 aliphatic heterocycles. The summed E-state index contributed by atoms with van der Waals surface area (Å²) in [5.74, 6) is 0. The van der Waals surface area contributed by atoms with E-state index >= 15 is 0 Å². The van der Waals surface area contributed by atoms with Crippen molar-refractivity contribution in [3.05, 3.63) is 93.5 Å². The number of nitrogens with zero attached hydrogens (tertiary/aromatic N) is 2. The Kier molecular flexibility index (Phi) is 7.12. The van der Waals surface area contributed by atoms with Crippen LogP contribution in [0.4, 0.5) is 0 Å². The molecule has 2 nitrogen and oxygen atoms in total. The molecule has 2 heteroatoms. The van der Waals surface area contributed by atoms with Crippen LogP contribution in [0, 0.1) is 11.3 Å². The first kappa shape index (κ1) is 22.9. The van der Waals surface area contributed by atoms with Crippen LogP contribution in [0.1, 0.15) is 71.6 Å². The molecule has 3 aromatic carbocycles. The molecule has 0 amide bonds. The molecular formula is C32H36N2. The minimum absolute atomic E-state index is 0.836. The van der Waals surface area contributed by atoms with Gasteiger partial charge in [-0.25, -0.2) is 0 Å². The molecule has 0 unspecified atom stereocenters. The Labute approximate surface area is 205 Å². The number of fused-ring (bicyclic) bond motifs is 1. The number of hydrogen-bond donors (Lipinski definition) is 0. The van der Waals surface area contributed by atoms with Gasteiger partial charge in [-0.05, 0) is 109 Å². The van der Waals surface area contributed by atoms with Gasteiger partial charge < -0.3 is 0 Å². The maximum Gasteiger partial charge on any atom is 0.100 e. The number of nitriles is 1. The zero-order valence-corrected chi connectivity index (χ0v) is 20.6. The van der Waals surface area contributed by atoms with E-state index in [1.54, 1.807) is 22.3 Å². The average molecular weight is 449 g/mol. The Morgan fingerprint density at radius 3 is 2.32 bits per heavy atom. The van der Waals surface area contributed by atoms with Crippen molar-refractivity contribution < 1.29 is 0 Å². The summed E-state index contributed by atoms with van der Waals surface area (Å²) < 4.78 is 0. The maximum atomic E-state index is 10.0. The maximum absolute atomic E-state index is 10.0. The molecule has 5 rings (SSSR count). The van der Waals surface area contributed by atoms with Gasteiger partial charge in [0.25, 0.3) is 0 Å². The van der Waals surface area contributed by atoms with Crippen molar-refractivity contribution in [2.24, 2.45) is 0 Å². The van der Waals surface area contributed by atoms with E-state index in [2.05, 4.69) is 54.3 Å². The fourth-order valence-electron chi connectivity index (χ4n) is 6.15. The Morgan fingerprint density at radius 1 is 0.794 bits per heavy atom. The van der Waals surface area contributed by atoms with E-state index in [-0.39, 0.29) is 0 Å². The van der Waals surface area contributed by atoms with Gasteiger partial charge in [0, 0.05) is 6.54 Å². The fraction of sp³-hybridized carbons (Fsp3) is 0.406. The van der Waals surface area contributed by atoms with Gasteiger partial charge in [0.05, 0.1) is 5.56 Å². The standard InChI is InChI=1S/C32H36N2/c1-2-24-21-27(29-15-10-16-30(29)32(24)23-34-19-7-4-8-20-34)18-17-26-13-9-14-28(31(26)22-33)25-11-5-3-6-12-25/h3,5-6,9,11-14,21H,2,4,7-8,10,15-20,23H2,1H3. The normalized spacial score (nSPS) is 15.8. The van der Waals surface area contributed by atoms with Gasteiger partial charge in [-0.15, -0.1) is 0 Å². The lowest BCUT2D eigenvalue weighted by atomic mass is 9.87. The summed E-state index contributed by atoms with van der Waals surface area (Å²) in [4.78, 5) is 2.69. The van der Waals surface area contributed by atoms with Crippen LogP contribution in [-0.2, 0) is 38.6 Å². The van der Waals surface area contributed by atoms with Gasteiger partial charge in [0.1, 0.15) is 6.07 Å². The van der Waals surface area contributed by atoms with Gasteiger partial charge in [0.15, 0.2) is 0 Å². The molecule has 0 bridgehead atoms. The molecule has 1 heterocycles. The first-order valence-electron chi connectivity index (χ1n) is 13.2. The number of likely N-dealkylation sites (tertiary alicyclic amines) is 1. The molecule has 3 aromatic rings. The summed E-state index contributed by atoms with van der Waals surface area (Å²) in [6.45, 7) is 5.98. The third-order valence-electron chi connectivity index (χ3n) is 7.93. The lowest BCUT2D eigenvalue weighted by molar-refractivity contribution is 0.220. The van der Waals surface area contributed by atoms with Gasteiger partial charge in [-0.1, -0.05) is 67.9 Å². The van der Waals surface area contributed by atoms with Crippen LogP contribution in [0.2, 0.25) is 0 Å². The Bertz CT molecular complexity index is 1180. The van der Waals surface area contributed by atoms with Crippen LogP contribution in [-0.4, -0.2) is 18.0 Å². The number of benzene rings is 3. The SMILES string of the molecule is CCc1cc(CCc2cccc(-c3ccccc3)c2C#N)c2c(c1CN1CCCCC1)CCC2. The smallest absolute Gasteiger partial charge is 0.100 e. The molecule has 0 N–H and O–H groups in total. The molecule has 0 atom stereocenters. The molecule has 2 aliphatic rings. The monoisotopic (exact) mass is 448 g/mol. The lowest BCUT2D eigenvalue weighted by Crippen LogP contribution is -2.30. The van der Waals surface area contributed by atoms with Crippen molar-refractivity contribution in [1.29, 1.82) is 5.26 Å². The van der Waals surface area contributed by atoms with Gasteiger partial charge in [0.2, 0.25) is 0 Å². The minimum atomic E-state index is 0.836. The van der Waals surface area contributed by atoms with Crippen LogP contribution < -0.4 is 0 Å². The van der Waals surface area contributed by atoms with Crippen LogP contribution in [0.3, 0.4) is 0 Å². The quantitative estimate of drug-likeness (QED) is 0.387. The zero-order valence-electron chi connectivity index (χ0n) is 20.6. The molecule has 34 heavy (non-hydrogen) atoms. The number of hydrogen-bond acceptors (Lipinski definition) is 2. The zero-order chi connectivity index (χ0) is 23.3. The van der Waals surface area contributed by atoms with Crippen LogP contribution in [0.15, 0.2) is 54.6 Å². The molecule has 0 aromatic heterocycles. The highest BCUT2D eigenvalue weighted by Crippen LogP contribution is 2.34. The highest BCUT2D eigenvalue weighted by atomic mass is 15.1. The first-order valence-corrected chi connectivity index (χ1v) is 13.2. The van der Waals surface area contributed by atoms with Gasteiger partial charge in [-0.3, -0.25) is 4.90 Å². The predicted molar refractivity (Wildman–Crippen MR) is 141 cm³/mol. The van der Waals surface area contributed by atoms with E-state index in [1.807, 2.05) is 18.2 Å². The Balaban J connectivity index is 1.43. The molecule has 174 valence electrons. The van der Waals surface area contributed by atoms with E-state index in [1.165, 1.54) is 62.7 Å². The molecule has 1 aliphatic carbocycles. The molecule has 1 saturated heterocycles. The summed E-state index contributed by atoms with van der Waals surface area (Å²) in [6.07, 6.45) is 10.9. The van der Waals surface area contributed by atoms with Crippen molar-refractivity contribution in [2.45, 2.75) is 71.3 Å². The highest BCUT2D eigenvalue weighted by molar-refractivity contribution is 5.72. The van der Waals surface area contributed by atoms with Gasteiger partial charge in [-0.2, -0.15) is 5.26 Å². The minimum Gasteiger partial charge on any atom is -0.299 e. The van der Waals surface area contributed by atoms with Crippen molar-refractivity contribution in [3.8, 4) is 17.2 Å². The largest absolute Gasteiger partial charge is 0.299 e. The van der Waals surface area contributed by atoms with Crippen molar-refractivity contribution in [2.75, 3.05) is 13.1 Å².